The van der Waals surface area contributed by atoms with Crippen LogP contribution in [0.3, 0.4) is 0 Å². The largest absolute Gasteiger partial charge is 0.497 e. The third-order valence-corrected chi connectivity index (χ3v) is 6.27. The predicted molar refractivity (Wildman–Crippen MR) is 92.7 cm³/mol. The molecule has 1 atom stereocenters. The first-order valence-corrected chi connectivity index (χ1v) is 9.26. The van der Waals surface area contributed by atoms with E-state index in [1.54, 1.807) is 17.6 Å². The van der Waals surface area contributed by atoms with Gasteiger partial charge in [0.2, 0.25) is 0 Å². The van der Waals surface area contributed by atoms with Crippen molar-refractivity contribution >= 4 is 23.1 Å². The molecule has 2 nitrogen and oxygen atoms in total. The molecule has 1 unspecified atom stereocenters. The van der Waals surface area contributed by atoms with E-state index in [2.05, 4.69) is 36.6 Å². The van der Waals surface area contributed by atoms with E-state index in [1.165, 1.54) is 28.4 Å². The summed E-state index contributed by atoms with van der Waals surface area (Å²) in [6.07, 6.45) is 2.24. The number of thioether (sulfide) groups is 1. The number of aryl methyl sites for hydroxylation is 1. The van der Waals surface area contributed by atoms with Crippen LogP contribution in [0.2, 0.25) is 0 Å². The lowest BCUT2D eigenvalue weighted by atomic mass is 10.0. The number of methoxy groups -OCH3 is 1. The average Bonchev–Trinajstić information content (AvgIpc) is 2.96. The highest BCUT2D eigenvalue weighted by molar-refractivity contribution is 7.98. The molecule has 4 heteroatoms. The van der Waals surface area contributed by atoms with E-state index in [0.717, 1.165) is 12.2 Å². The number of thiophene rings is 1. The highest BCUT2D eigenvalue weighted by Gasteiger charge is 2.18. The van der Waals surface area contributed by atoms with Crippen LogP contribution in [0.25, 0.3) is 0 Å². The van der Waals surface area contributed by atoms with Gasteiger partial charge in [-0.05, 0) is 55.0 Å². The second-order valence-corrected chi connectivity index (χ2v) is 7.57. The quantitative estimate of drug-likeness (QED) is 0.898. The van der Waals surface area contributed by atoms with Crippen molar-refractivity contribution in [1.29, 1.82) is 0 Å². The summed E-state index contributed by atoms with van der Waals surface area (Å²) in [6, 6.07) is 11.2. The molecule has 0 aliphatic carbocycles. The molecule has 21 heavy (non-hydrogen) atoms. The summed E-state index contributed by atoms with van der Waals surface area (Å²) < 4.78 is 5.32. The first kappa shape index (κ1) is 14.9. The smallest absolute Gasteiger partial charge is 0.119 e. The minimum absolute atomic E-state index is 0.387. The molecule has 1 aromatic carbocycles. The van der Waals surface area contributed by atoms with Gasteiger partial charge >= 0.3 is 0 Å². The summed E-state index contributed by atoms with van der Waals surface area (Å²) in [6.45, 7) is 0. The first-order chi connectivity index (χ1) is 10.3. The van der Waals surface area contributed by atoms with Gasteiger partial charge in [-0.25, -0.2) is 0 Å². The van der Waals surface area contributed by atoms with Gasteiger partial charge in [0, 0.05) is 21.5 Å². The highest BCUT2D eigenvalue weighted by atomic mass is 32.2. The van der Waals surface area contributed by atoms with Crippen LogP contribution < -0.4 is 10.1 Å². The molecule has 2 aromatic rings. The molecule has 3 rings (SSSR count). The number of hydrogen-bond donors (Lipinski definition) is 1. The summed E-state index contributed by atoms with van der Waals surface area (Å²) in [5.41, 5.74) is 2.87. The Kier molecular flexibility index (Phi) is 4.88. The zero-order valence-corrected chi connectivity index (χ0v) is 14.2. The van der Waals surface area contributed by atoms with Gasteiger partial charge in [0.15, 0.2) is 0 Å². The van der Waals surface area contributed by atoms with Crippen LogP contribution in [0.5, 0.6) is 5.75 Å². The number of ether oxygens (including phenoxy) is 1. The van der Waals surface area contributed by atoms with Crippen LogP contribution in [0.4, 0.5) is 0 Å². The molecule has 0 radical (unpaired) electrons. The molecule has 0 saturated heterocycles. The molecule has 2 heterocycles. The molecule has 1 aromatic heterocycles. The second-order valence-electron chi connectivity index (χ2n) is 5.30. The maximum atomic E-state index is 5.32. The SMILES string of the molecule is CNC(Cc1cccc(OC)c1)c1cc2c(s1)CCSC2. The summed E-state index contributed by atoms with van der Waals surface area (Å²) >= 11 is 4.04. The number of likely N-dealkylation sites (N-methyl/N-ethyl adjacent to an activating group) is 1. The van der Waals surface area contributed by atoms with Gasteiger partial charge < -0.3 is 10.1 Å². The van der Waals surface area contributed by atoms with Crippen molar-refractivity contribution in [3.05, 3.63) is 51.2 Å². The monoisotopic (exact) mass is 319 g/mol. The van der Waals surface area contributed by atoms with Crippen molar-refractivity contribution < 1.29 is 4.74 Å². The summed E-state index contributed by atoms with van der Waals surface area (Å²) in [4.78, 5) is 3.06. The van der Waals surface area contributed by atoms with Crippen LogP contribution in [0.15, 0.2) is 30.3 Å². The van der Waals surface area contributed by atoms with E-state index in [1.807, 2.05) is 29.2 Å². The maximum Gasteiger partial charge on any atom is 0.119 e. The summed E-state index contributed by atoms with van der Waals surface area (Å²) in [7, 11) is 3.78. The predicted octanol–water partition coefficient (Wildman–Crippen LogP) is 4.05. The van der Waals surface area contributed by atoms with Gasteiger partial charge in [-0.1, -0.05) is 12.1 Å². The lowest BCUT2D eigenvalue weighted by Crippen LogP contribution is -2.17. The lowest BCUT2D eigenvalue weighted by molar-refractivity contribution is 0.414. The van der Waals surface area contributed by atoms with Crippen molar-refractivity contribution in [3.63, 3.8) is 0 Å². The van der Waals surface area contributed by atoms with Gasteiger partial charge in [0.1, 0.15) is 5.75 Å². The normalized spacial score (nSPS) is 15.5. The van der Waals surface area contributed by atoms with Gasteiger partial charge in [0.25, 0.3) is 0 Å². The zero-order chi connectivity index (χ0) is 14.7. The fourth-order valence-corrected chi connectivity index (χ4v) is 5.21. The number of benzene rings is 1. The highest BCUT2D eigenvalue weighted by Crippen LogP contribution is 2.35. The third-order valence-electron chi connectivity index (χ3n) is 3.91. The number of nitrogens with one attached hydrogen (secondary N) is 1. The molecule has 0 saturated carbocycles. The lowest BCUT2D eigenvalue weighted by Gasteiger charge is -2.15. The van der Waals surface area contributed by atoms with Crippen molar-refractivity contribution in [3.8, 4) is 5.75 Å². The van der Waals surface area contributed by atoms with Crippen molar-refractivity contribution in [1.82, 2.24) is 5.32 Å². The molecule has 0 amide bonds. The third kappa shape index (κ3) is 3.44. The Morgan fingerprint density at radius 1 is 1.33 bits per heavy atom. The number of hydrogen-bond acceptors (Lipinski definition) is 4. The minimum Gasteiger partial charge on any atom is -0.497 e. The average molecular weight is 319 g/mol. The van der Waals surface area contributed by atoms with E-state index in [9.17, 15) is 0 Å². The molecule has 0 spiro atoms. The van der Waals surface area contributed by atoms with Crippen molar-refractivity contribution in [2.75, 3.05) is 19.9 Å². The topological polar surface area (TPSA) is 21.3 Å². The standard InChI is InChI=1S/C17H21NOS2/c1-18-15(9-12-4-3-5-14(8-12)19-2)17-10-13-11-20-7-6-16(13)21-17/h3-5,8,10,15,18H,6-7,9,11H2,1-2H3. The molecule has 1 aliphatic heterocycles. The Hall–Kier alpha value is -0.970. The molecular formula is C17H21NOS2. The van der Waals surface area contributed by atoms with Crippen LogP contribution in [0, 0.1) is 0 Å². The molecule has 112 valence electrons. The molecular weight excluding hydrogens is 298 g/mol. The molecule has 0 bridgehead atoms. The fraction of sp³-hybridized carbons (Fsp3) is 0.412. The minimum atomic E-state index is 0.387. The van der Waals surface area contributed by atoms with Crippen molar-refractivity contribution in [2.45, 2.75) is 24.6 Å². The van der Waals surface area contributed by atoms with E-state index in [-0.39, 0.29) is 0 Å². The van der Waals surface area contributed by atoms with E-state index < -0.39 is 0 Å². The van der Waals surface area contributed by atoms with Crippen molar-refractivity contribution in [2.24, 2.45) is 0 Å². The maximum absolute atomic E-state index is 5.32. The van der Waals surface area contributed by atoms with E-state index in [0.29, 0.717) is 6.04 Å². The van der Waals surface area contributed by atoms with Crippen LogP contribution >= 0.6 is 23.1 Å². The van der Waals surface area contributed by atoms with E-state index >= 15 is 0 Å². The second kappa shape index (κ2) is 6.86. The Morgan fingerprint density at radius 3 is 3.00 bits per heavy atom. The summed E-state index contributed by atoms with van der Waals surface area (Å²) in [5.74, 6) is 3.39. The Labute approximate surface area is 134 Å². The fourth-order valence-electron chi connectivity index (χ4n) is 2.72. The summed E-state index contributed by atoms with van der Waals surface area (Å²) in [5, 5.41) is 3.48. The Balaban J connectivity index is 1.79. The first-order valence-electron chi connectivity index (χ1n) is 7.29. The van der Waals surface area contributed by atoms with Crippen LogP contribution in [-0.2, 0) is 18.6 Å². The van der Waals surface area contributed by atoms with Gasteiger partial charge in [-0.3, -0.25) is 0 Å². The number of rotatable bonds is 5. The number of fused-ring (bicyclic) bond motifs is 1. The molecule has 1 N–H and O–H groups in total. The van der Waals surface area contributed by atoms with E-state index in [4.69, 9.17) is 4.74 Å². The Bertz CT molecular complexity index is 585. The Morgan fingerprint density at radius 2 is 2.24 bits per heavy atom. The van der Waals surface area contributed by atoms with Gasteiger partial charge in [0.05, 0.1) is 7.11 Å². The molecule has 0 fully saturated rings. The van der Waals surface area contributed by atoms with Gasteiger partial charge in [-0.15, -0.1) is 11.3 Å². The molecule has 1 aliphatic rings. The van der Waals surface area contributed by atoms with Gasteiger partial charge in [-0.2, -0.15) is 11.8 Å². The zero-order valence-electron chi connectivity index (χ0n) is 12.5. The van der Waals surface area contributed by atoms with Crippen LogP contribution in [-0.4, -0.2) is 19.9 Å². The van der Waals surface area contributed by atoms with Crippen LogP contribution in [0.1, 0.15) is 26.9 Å².